The predicted molar refractivity (Wildman–Crippen MR) is 70.1 cm³/mol. The second-order valence-electron chi connectivity index (χ2n) is 3.52. The number of allylic oxidation sites excluding steroid dienone is 2. The van der Waals surface area contributed by atoms with Crippen molar-refractivity contribution in [3.63, 3.8) is 0 Å². The van der Waals surface area contributed by atoms with Gasteiger partial charge in [0.2, 0.25) is 5.24 Å². The summed E-state index contributed by atoms with van der Waals surface area (Å²) in [5, 5.41) is -0.403. The molecule has 0 unspecified atom stereocenters. The largest absolute Gasteiger partial charge is 0.324 e. The Bertz CT molecular complexity index is 395. The zero-order chi connectivity index (χ0) is 13.3. The molecule has 4 heteroatoms. The van der Waals surface area contributed by atoms with Crippen molar-refractivity contribution in [3.8, 4) is 0 Å². The summed E-state index contributed by atoms with van der Waals surface area (Å²) in [6.45, 7) is 3.73. The summed E-state index contributed by atoms with van der Waals surface area (Å²) in [5.74, 6) is -0.0133. The summed E-state index contributed by atoms with van der Waals surface area (Å²) >= 11 is 4.96. The molecule has 0 atom stereocenters. The highest BCUT2D eigenvalue weighted by Crippen LogP contribution is 1.97. The molecule has 0 aliphatic heterocycles. The van der Waals surface area contributed by atoms with Crippen molar-refractivity contribution in [2.24, 2.45) is 5.73 Å². The van der Waals surface area contributed by atoms with E-state index in [1.807, 2.05) is 32.0 Å². The number of hydrogen-bond acceptors (Lipinski definition) is 3. The first kappa shape index (κ1) is 15.6. The molecule has 3 nitrogen and oxygen atoms in total. The molecule has 0 aliphatic rings. The molecule has 0 bridgehead atoms. The van der Waals surface area contributed by atoms with Gasteiger partial charge in [-0.05, 0) is 31.5 Å². The Hall–Kier alpha value is -1.45. The highest BCUT2D eigenvalue weighted by molar-refractivity contribution is 6.66. The van der Waals surface area contributed by atoms with E-state index in [9.17, 15) is 9.59 Å². The first-order valence-electron chi connectivity index (χ1n) is 5.10. The van der Waals surface area contributed by atoms with Gasteiger partial charge in [0, 0.05) is 5.56 Å². The fourth-order valence-electron chi connectivity index (χ4n) is 0.969. The topological polar surface area (TPSA) is 60.2 Å². The van der Waals surface area contributed by atoms with Gasteiger partial charge in [0.25, 0.3) is 0 Å². The van der Waals surface area contributed by atoms with Crippen molar-refractivity contribution in [2.75, 3.05) is 6.54 Å². The van der Waals surface area contributed by atoms with Crippen LogP contribution in [0.1, 0.15) is 24.2 Å². The van der Waals surface area contributed by atoms with Crippen molar-refractivity contribution in [1.82, 2.24) is 0 Å². The average Bonchev–Trinajstić information content (AvgIpc) is 2.28. The molecule has 92 valence electrons. The Morgan fingerprint density at radius 1 is 1.24 bits per heavy atom. The van der Waals surface area contributed by atoms with Crippen molar-refractivity contribution in [2.45, 2.75) is 13.8 Å². The summed E-state index contributed by atoms with van der Waals surface area (Å²) in [7, 11) is 0. The number of hydrogen-bond donors (Lipinski definition) is 1. The lowest BCUT2D eigenvalue weighted by atomic mass is 10.1. The summed E-state index contributed by atoms with van der Waals surface area (Å²) in [5.41, 5.74) is 6.77. The molecule has 1 aromatic carbocycles. The van der Waals surface area contributed by atoms with E-state index < -0.39 is 5.24 Å². The first-order valence-corrected chi connectivity index (χ1v) is 5.48. The van der Waals surface area contributed by atoms with Crippen molar-refractivity contribution >= 4 is 22.6 Å². The maximum absolute atomic E-state index is 10.9. The Balaban J connectivity index is 0.000000325. The summed E-state index contributed by atoms with van der Waals surface area (Å²) in [6.07, 6.45) is 1.38. The normalized spacial score (nSPS) is 8.71. The van der Waals surface area contributed by atoms with E-state index >= 15 is 0 Å². The van der Waals surface area contributed by atoms with Gasteiger partial charge < -0.3 is 5.73 Å². The lowest BCUT2D eigenvalue weighted by Gasteiger charge is -1.93. The highest BCUT2D eigenvalue weighted by atomic mass is 35.5. The number of halogens is 1. The fraction of sp³-hybridized carbons (Fsp3) is 0.231. The van der Waals surface area contributed by atoms with Gasteiger partial charge in [-0.3, -0.25) is 9.59 Å². The molecule has 0 radical (unpaired) electrons. The average molecular weight is 254 g/mol. The van der Waals surface area contributed by atoms with Crippen molar-refractivity contribution in [3.05, 3.63) is 47.5 Å². The van der Waals surface area contributed by atoms with E-state index in [-0.39, 0.29) is 12.3 Å². The highest BCUT2D eigenvalue weighted by Gasteiger charge is 1.98. The second kappa shape index (κ2) is 8.67. The Kier molecular flexibility index (Phi) is 7.93. The van der Waals surface area contributed by atoms with E-state index in [0.29, 0.717) is 5.56 Å². The zero-order valence-electron chi connectivity index (χ0n) is 9.94. The molecule has 0 fully saturated rings. The minimum absolute atomic E-state index is 0.0133. The molecule has 0 spiro atoms. The van der Waals surface area contributed by atoms with Crippen LogP contribution in [-0.4, -0.2) is 17.6 Å². The van der Waals surface area contributed by atoms with Gasteiger partial charge in [0.1, 0.15) is 0 Å². The number of carbonyl (C=O) groups is 2. The van der Waals surface area contributed by atoms with E-state index in [1.165, 1.54) is 6.08 Å². The minimum Gasteiger partial charge on any atom is -0.324 e. The lowest BCUT2D eigenvalue weighted by Crippen LogP contribution is -2.12. The molecule has 0 aromatic heterocycles. The van der Waals surface area contributed by atoms with Crippen LogP contribution in [0.4, 0.5) is 0 Å². The van der Waals surface area contributed by atoms with E-state index in [4.69, 9.17) is 17.3 Å². The molecule has 0 saturated heterocycles. The minimum atomic E-state index is -0.403. The standard InChI is InChI=1S/C8H9NO.C5H7ClO/c9-6-8(10)7-4-2-1-3-5-7;1-4(2)3-5(6)7/h1-5H,6,9H2;3H,1-2H3. The van der Waals surface area contributed by atoms with Crippen LogP contribution in [0.2, 0.25) is 0 Å². The van der Waals surface area contributed by atoms with E-state index in [2.05, 4.69) is 0 Å². The molecular formula is C13H16ClNO2. The molecule has 1 aromatic rings. The molecule has 0 aliphatic carbocycles. The number of ketones is 1. The number of benzene rings is 1. The van der Waals surface area contributed by atoms with Crippen LogP contribution in [0.3, 0.4) is 0 Å². The van der Waals surface area contributed by atoms with Crippen LogP contribution in [0.5, 0.6) is 0 Å². The fourth-order valence-corrected chi connectivity index (χ4v) is 1.19. The summed E-state index contributed by atoms with van der Waals surface area (Å²) in [4.78, 5) is 20.8. The second-order valence-corrected chi connectivity index (χ2v) is 3.89. The van der Waals surface area contributed by atoms with Crippen molar-refractivity contribution in [1.29, 1.82) is 0 Å². The van der Waals surface area contributed by atoms with Crippen LogP contribution in [0.25, 0.3) is 0 Å². The van der Waals surface area contributed by atoms with Gasteiger partial charge in [-0.15, -0.1) is 0 Å². The molecule has 0 saturated carbocycles. The molecule has 2 N–H and O–H groups in total. The number of carbonyl (C=O) groups excluding carboxylic acids is 2. The van der Waals surface area contributed by atoms with Crippen molar-refractivity contribution < 1.29 is 9.59 Å². The molecule has 17 heavy (non-hydrogen) atoms. The maximum atomic E-state index is 10.9. The van der Waals surface area contributed by atoms with Gasteiger partial charge >= 0.3 is 0 Å². The molecular weight excluding hydrogens is 238 g/mol. The van der Waals surface area contributed by atoms with Crippen LogP contribution in [-0.2, 0) is 4.79 Å². The third kappa shape index (κ3) is 8.37. The quantitative estimate of drug-likeness (QED) is 0.512. The monoisotopic (exact) mass is 253 g/mol. The smallest absolute Gasteiger partial charge is 0.245 e. The van der Waals surface area contributed by atoms with Gasteiger partial charge in [-0.2, -0.15) is 0 Å². The van der Waals surface area contributed by atoms with Crippen LogP contribution in [0, 0.1) is 0 Å². The maximum Gasteiger partial charge on any atom is 0.245 e. The molecule has 1 rings (SSSR count). The van der Waals surface area contributed by atoms with E-state index in [0.717, 1.165) is 5.57 Å². The lowest BCUT2D eigenvalue weighted by molar-refractivity contribution is -0.107. The Labute approximate surface area is 106 Å². The number of rotatable bonds is 3. The molecule has 0 amide bonds. The van der Waals surface area contributed by atoms with Gasteiger partial charge in [0.05, 0.1) is 6.54 Å². The van der Waals surface area contributed by atoms with E-state index in [1.54, 1.807) is 12.1 Å². The number of nitrogens with two attached hydrogens (primary N) is 1. The summed E-state index contributed by atoms with van der Waals surface area (Å²) < 4.78 is 0. The zero-order valence-corrected chi connectivity index (χ0v) is 10.7. The summed E-state index contributed by atoms with van der Waals surface area (Å²) in [6, 6.07) is 9.03. The Morgan fingerprint density at radius 3 is 2.06 bits per heavy atom. The van der Waals surface area contributed by atoms with Crippen LogP contribution < -0.4 is 5.73 Å². The first-order chi connectivity index (χ1) is 7.97. The number of Topliss-reactive ketones (excluding diaryl/α,β-unsaturated/α-hetero) is 1. The van der Waals surface area contributed by atoms with Crippen LogP contribution in [0.15, 0.2) is 42.0 Å². The van der Waals surface area contributed by atoms with Gasteiger partial charge in [-0.1, -0.05) is 35.9 Å². The third-order valence-electron chi connectivity index (χ3n) is 1.68. The van der Waals surface area contributed by atoms with Gasteiger partial charge in [0.15, 0.2) is 5.78 Å². The Morgan fingerprint density at radius 2 is 1.76 bits per heavy atom. The third-order valence-corrected chi connectivity index (χ3v) is 1.79. The predicted octanol–water partition coefficient (Wildman–Crippen LogP) is 2.55. The molecule has 0 heterocycles. The van der Waals surface area contributed by atoms with Crippen LogP contribution >= 0.6 is 11.6 Å². The SMILES string of the molecule is CC(C)=CC(=O)Cl.NCC(=O)c1ccccc1. The van der Waals surface area contributed by atoms with Gasteiger partial charge in [-0.25, -0.2) is 0 Å².